The Morgan fingerprint density at radius 2 is 2.07 bits per heavy atom. The highest BCUT2D eigenvalue weighted by Gasteiger charge is 2.08. The Hall–Kier alpha value is -1.13. The zero-order valence-electron chi connectivity index (χ0n) is 7.59. The number of halogens is 1. The molecule has 0 unspecified atom stereocenters. The van der Waals surface area contributed by atoms with E-state index < -0.39 is 5.97 Å². The molecule has 0 aromatic carbocycles. The molecule has 1 aromatic rings. The number of carboxylic acids is 1. The van der Waals surface area contributed by atoms with Crippen LogP contribution in [-0.2, 0) is 11.2 Å². The van der Waals surface area contributed by atoms with E-state index in [1.165, 1.54) is 0 Å². The number of nitrogens with zero attached hydrogens (tertiary/aromatic N) is 1. The normalized spacial score (nSPS) is 11.5. The van der Waals surface area contributed by atoms with Gasteiger partial charge in [0.05, 0.1) is 6.42 Å². The molecule has 0 radical (unpaired) electrons. The summed E-state index contributed by atoms with van der Waals surface area (Å²) in [5.41, 5.74) is 6.62. The minimum atomic E-state index is -0.860. The summed E-state index contributed by atoms with van der Waals surface area (Å²) >= 11 is 0. The molecule has 0 fully saturated rings. The number of aromatic nitrogens is 1. The molecule has 0 aliphatic heterocycles. The number of aliphatic carboxylic acids is 1. The summed E-state index contributed by atoms with van der Waals surface area (Å²) in [5.74, 6) is -0.860. The zero-order valence-corrected chi connectivity index (χ0v) is 8.41. The highest BCUT2D eigenvalue weighted by molar-refractivity contribution is 5.85. The van der Waals surface area contributed by atoms with Crippen LogP contribution in [-0.4, -0.2) is 22.1 Å². The molecule has 3 N–H and O–H groups in total. The van der Waals surface area contributed by atoms with Crippen molar-refractivity contribution >= 4 is 18.4 Å². The van der Waals surface area contributed by atoms with Crippen LogP contribution in [0.5, 0.6) is 0 Å². The van der Waals surface area contributed by atoms with E-state index in [-0.39, 0.29) is 24.9 Å². The molecule has 1 aromatic heterocycles. The summed E-state index contributed by atoms with van der Waals surface area (Å²) in [5, 5.41) is 8.47. The Morgan fingerprint density at radius 1 is 1.50 bits per heavy atom. The molecule has 0 saturated carbocycles. The fraction of sp³-hybridized carbons (Fsp3) is 0.333. The van der Waals surface area contributed by atoms with Gasteiger partial charge in [-0.3, -0.25) is 9.78 Å². The van der Waals surface area contributed by atoms with Crippen molar-refractivity contribution in [2.45, 2.75) is 18.9 Å². The van der Waals surface area contributed by atoms with E-state index in [1.54, 1.807) is 12.4 Å². The molecule has 0 amide bonds. The fourth-order valence-corrected chi connectivity index (χ4v) is 1.12. The first-order valence-corrected chi connectivity index (χ1v) is 4.05. The first-order valence-electron chi connectivity index (χ1n) is 4.05. The van der Waals surface area contributed by atoms with Gasteiger partial charge in [0.2, 0.25) is 0 Å². The van der Waals surface area contributed by atoms with E-state index in [2.05, 4.69) is 4.98 Å². The summed E-state index contributed by atoms with van der Waals surface area (Å²) in [6.45, 7) is 0. The van der Waals surface area contributed by atoms with Crippen LogP contribution in [0.1, 0.15) is 12.0 Å². The Balaban J connectivity index is 0.00000169. The topological polar surface area (TPSA) is 76.2 Å². The molecular formula is C9H13ClN2O2. The Kier molecular flexibility index (Phi) is 5.83. The van der Waals surface area contributed by atoms with E-state index >= 15 is 0 Å². The van der Waals surface area contributed by atoms with Gasteiger partial charge in [-0.2, -0.15) is 0 Å². The first kappa shape index (κ1) is 12.9. The molecule has 1 rings (SSSR count). The third-order valence-electron chi connectivity index (χ3n) is 1.68. The van der Waals surface area contributed by atoms with Gasteiger partial charge in [-0.05, 0) is 24.1 Å². The van der Waals surface area contributed by atoms with Crippen LogP contribution < -0.4 is 5.73 Å². The third kappa shape index (κ3) is 4.79. The standard InChI is InChI=1S/C9H12N2O2.ClH/c10-8(6-9(12)13)5-7-1-3-11-4-2-7;/h1-4,8H,5-6,10H2,(H,12,13);1H/t8-;/m0./s1. The number of carbonyl (C=O) groups is 1. The van der Waals surface area contributed by atoms with Crippen molar-refractivity contribution in [3.8, 4) is 0 Å². The number of carboxylic acid groups (broad SMARTS) is 1. The molecule has 78 valence electrons. The van der Waals surface area contributed by atoms with Crippen LogP contribution in [0.25, 0.3) is 0 Å². The van der Waals surface area contributed by atoms with Gasteiger partial charge >= 0.3 is 5.97 Å². The molecule has 0 aliphatic rings. The van der Waals surface area contributed by atoms with Crippen molar-refractivity contribution in [3.05, 3.63) is 30.1 Å². The van der Waals surface area contributed by atoms with Gasteiger partial charge in [0, 0.05) is 18.4 Å². The van der Waals surface area contributed by atoms with E-state index in [0.29, 0.717) is 6.42 Å². The molecule has 0 spiro atoms. The van der Waals surface area contributed by atoms with Crippen LogP contribution in [0.4, 0.5) is 0 Å². The second-order valence-electron chi connectivity index (χ2n) is 2.92. The molecule has 0 bridgehead atoms. The SMILES string of the molecule is Cl.N[C@H](CC(=O)O)Cc1ccncc1. The third-order valence-corrected chi connectivity index (χ3v) is 1.68. The maximum atomic E-state index is 10.3. The zero-order chi connectivity index (χ0) is 9.68. The molecule has 0 saturated heterocycles. The first-order chi connectivity index (χ1) is 6.18. The predicted octanol–water partition coefficient (Wildman–Crippen LogP) is 0.848. The minimum Gasteiger partial charge on any atom is -0.481 e. The lowest BCUT2D eigenvalue weighted by Gasteiger charge is -2.07. The monoisotopic (exact) mass is 216 g/mol. The lowest BCUT2D eigenvalue weighted by molar-refractivity contribution is -0.137. The average Bonchev–Trinajstić information content (AvgIpc) is 2.04. The largest absolute Gasteiger partial charge is 0.481 e. The van der Waals surface area contributed by atoms with Crippen LogP contribution in [0.15, 0.2) is 24.5 Å². The highest BCUT2D eigenvalue weighted by Crippen LogP contribution is 2.02. The van der Waals surface area contributed by atoms with E-state index in [1.807, 2.05) is 12.1 Å². The number of nitrogens with two attached hydrogens (primary N) is 1. The Morgan fingerprint density at radius 3 is 2.57 bits per heavy atom. The Bertz CT molecular complexity index is 279. The second kappa shape index (κ2) is 6.34. The molecule has 1 atom stereocenters. The molecule has 4 nitrogen and oxygen atoms in total. The summed E-state index contributed by atoms with van der Waals surface area (Å²) < 4.78 is 0. The summed E-state index contributed by atoms with van der Waals surface area (Å²) in [6, 6.07) is 3.35. The van der Waals surface area contributed by atoms with Gasteiger partial charge in [-0.25, -0.2) is 0 Å². The maximum absolute atomic E-state index is 10.3. The number of hydrogen-bond donors (Lipinski definition) is 2. The molecule has 1 heterocycles. The fourth-order valence-electron chi connectivity index (χ4n) is 1.12. The van der Waals surface area contributed by atoms with Crippen molar-refractivity contribution < 1.29 is 9.90 Å². The van der Waals surface area contributed by atoms with Crippen molar-refractivity contribution in [3.63, 3.8) is 0 Å². The van der Waals surface area contributed by atoms with Crippen molar-refractivity contribution in [1.29, 1.82) is 0 Å². The van der Waals surface area contributed by atoms with E-state index in [4.69, 9.17) is 10.8 Å². The van der Waals surface area contributed by atoms with Gasteiger partial charge in [-0.15, -0.1) is 12.4 Å². The van der Waals surface area contributed by atoms with Crippen LogP contribution >= 0.6 is 12.4 Å². The van der Waals surface area contributed by atoms with Crippen molar-refractivity contribution in [2.24, 2.45) is 5.73 Å². The van der Waals surface area contributed by atoms with Crippen molar-refractivity contribution in [2.75, 3.05) is 0 Å². The average molecular weight is 217 g/mol. The van der Waals surface area contributed by atoms with Gasteiger partial charge in [-0.1, -0.05) is 0 Å². The minimum absolute atomic E-state index is 0. The lowest BCUT2D eigenvalue weighted by atomic mass is 10.1. The number of hydrogen-bond acceptors (Lipinski definition) is 3. The summed E-state index contributed by atoms with van der Waals surface area (Å²) in [6.07, 6.45) is 3.92. The van der Waals surface area contributed by atoms with Crippen LogP contribution in [0.2, 0.25) is 0 Å². The number of pyridine rings is 1. The van der Waals surface area contributed by atoms with Gasteiger partial charge < -0.3 is 10.8 Å². The highest BCUT2D eigenvalue weighted by atomic mass is 35.5. The van der Waals surface area contributed by atoms with Gasteiger partial charge in [0.1, 0.15) is 0 Å². The molecular weight excluding hydrogens is 204 g/mol. The lowest BCUT2D eigenvalue weighted by Crippen LogP contribution is -2.26. The van der Waals surface area contributed by atoms with Crippen LogP contribution in [0.3, 0.4) is 0 Å². The van der Waals surface area contributed by atoms with Crippen LogP contribution in [0, 0.1) is 0 Å². The Labute approximate surface area is 88.6 Å². The smallest absolute Gasteiger partial charge is 0.304 e. The second-order valence-corrected chi connectivity index (χ2v) is 2.92. The summed E-state index contributed by atoms with van der Waals surface area (Å²) in [7, 11) is 0. The van der Waals surface area contributed by atoms with Gasteiger partial charge in [0.25, 0.3) is 0 Å². The van der Waals surface area contributed by atoms with E-state index in [9.17, 15) is 4.79 Å². The summed E-state index contributed by atoms with van der Waals surface area (Å²) in [4.78, 5) is 14.2. The van der Waals surface area contributed by atoms with Crippen molar-refractivity contribution in [1.82, 2.24) is 4.98 Å². The van der Waals surface area contributed by atoms with Gasteiger partial charge in [0.15, 0.2) is 0 Å². The molecule has 14 heavy (non-hydrogen) atoms. The quantitative estimate of drug-likeness (QED) is 0.782. The molecule has 0 aliphatic carbocycles. The molecule has 5 heteroatoms. The number of rotatable bonds is 4. The predicted molar refractivity (Wildman–Crippen MR) is 55.4 cm³/mol. The maximum Gasteiger partial charge on any atom is 0.304 e. The van der Waals surface area contributed by atoms with E-state index in [0.717, 1.165) is 5.56 Å².